The second-order valence-electron chi connectivity index (χ2n) is 5.75. The number of amides is 1. The van der Waals surface area contributed by atoms with E-state index < -0.39 is 15.9 Å². The van der Waals surface area contributed by atoms with Crippen molar-refractivity contribution in [2.75, 3.05) is 30.5 Å². The number of methoxy groups -OCH3 is 1. The van der Waals surface area contributed by atoms with Crippen LogP contribution in [0.3, 0.4) is 0 Å². The number of nitrogens with zero attached hydrogens (tertiary/aromatic N) is 1. The van der Waals surface area contributed by atoms with Gasteiger partial charge in [0, 0.05) is 12.6 Å². The quantitative estimate of drug-likeness (QED) is 0.850. The molecule has 1 heterocycles. The van der Waals surface area contributed by atoms with Gasteiger partial charge in [-0.3, -0.25) is 4.79 Å². The largest absolute Gasteiger partial charge is 0.495 e. The minimum absolute atomic E-state index is 0.0635. The van der Waals surface area contributed by atoms with Gasteiger partial charge in [0.25, 0.3) is 0 Å². The van der Waals surface area contributed by atoms with E-state index in [4.69, 9.17) is 4.74 Å². The summed E-state index contributed by atoms with van der Waals surface area (Å²) in [6.45, 7) is 4.15. The number of nitrogens with one attached hydrogen (secondary N) is 1. The van der Waals surface area contributed by atoms with Crippen molar-refractivity contribution in [1.82, 2.24) is 4.90 Å². The summed E-state index contributed by atoms with van der Waals surface area (Å²) in [5.74, 6) is 0.795. The van der Waals surface area contributed by atoms with Gasteiger partial charge in [-0.1, -0.05) is 12.1 Å². The summed E-state index contributed by atoms with van der Waals surface area (Å²) in [5, 5.41) is 3.15. The summed E-state index contributed by atoms with van der Waals surface area (Å²) < 4.78 is 28.6. The van der Waals surface area contributed by atoms with Crippen molar-refractivity contribution in [3.05, 3.63) is 24.3 Å². The molecule has 0 radical (unpaired) electrons. The Balaban J connectivity index is 2.08. The average molecular weight is 340 g/mol. The highest BCUT2D eigenvalue weighted by Gasteiger charge is 2.35. The first-order valence-corrected chi connectivity index (χ1v) is 9.60. The molecule has 0 aromatic heterocycles. The molecule has 2 atom stereocenters. The maximum atomic E-state index is 12.7. The fraction of sp³-hybridized carbons (Fsp3) is 0.562. The van der Waals surface area contributed by atoms with Gasteiger partial charge >= 0.3 is 0 Å². The Morgan fingerprint density at radius 2 is 2.13 bits per heavy atom. The van der Waals surface area contributed by atoms with E-state index in [1.807, 2.05) is 31.2 Å². The van der Waals surface area contributed by atoms with Gasteiger partial charge in [-0.05, 0) is 32.4 Å². The molecular weight excluding hydrogens is 316 g/mol. The number of rotatable bonds is 6. The van der Waals surface area contributed by atoms with Crippen molar-refractivity contribution in [3.8, 4) is 5.75 Å². The second-order valence-corrected chi connectivity index (χ2v) is 7.98. The van der Waals surface area contributed by atoms with E-state index in [9.17, 15) is 13.2 Å². The Morgan fingerprint density at radius 3 is 2.70 bits per heavy atom. The lowest BCUT2D eigenvalue weighted by molar-refractivity contribution is -0.133. The van der Waals surface area contributed by atoms with Crippen LogP contribution in [0.2, 0.25) is 0 Å². The number of anilines is 1. The van der Waals surface area contributed by atoms with Gasteiger partial charge in [0.2, 0.25) is 5.91 Å². The smallest absolute Gasteiger partial charge is 0.245 e. The number of benzene rings is 1. The van der Waals surface area contributed by atoms with Crippen molar-refractivity contribution in [1.29, 1.82) is 0 Å². The van der Waals surface area contributed by atoms with Gasteiger partial charge in [0.1, 0.15) is 11.8 Å². The van der Waals surface area contributed by atoms with Gasteiger partial charge < -0.3 is 15.0 Å². The van der Waals surface area contributed by atoms with Gasteiger partial charge in [0.15, 0.2) is 9.84 Å². The number of para-hydroxylation sites is 2. The Labute approximate surface area is 137 Å². The number of carbonyl (C=O) groups is 1. The molecular formula is C16H24N2O4S. The Kier molecular flexibility index (Phi) is 5.51. The molecule has 1 aliphatic heterocycles. The van der Waals surface area contributed by atoms with Crippen LogP contribution < -0.4 is 10.1 Å². The Morgan fingerprint density at radius 1 is 1.43 bits per heavy atom. The van der Waals surface area contributed by atoms with Crippen LogP contribution in [0.25, 0.3) is 0 Å². The first-order chi connectivity index (χ1) is 10.9. The zero-order valence-electron chi connectivity index (χ0n) is 13.8. The summed E-state index contributed by atoms with van der Waals surface area (Å²) in [7, 11) is -1.44. The van der Waals surface area contributed by atoms with Crippen LogP contribution in [0, 0.1) is 0 Å². The summed E-state index contributed by atoms with van der Waals surface area (Å²) in [4.78, 5) is 14.4. The van der Waals surface area contributed by atoms with Crippen LogP contribution in [0.1, 0.15) is 20.3 Å². The number of hydrogen-bond acceptors (Lipinski definition) is 5. The lowest BCUT2D eigenvalue weighted by Crippen LogP contribution is -2.47. The molecule has 1 aromatic carbocycles. The first-order valence-electron chi connectivity index (χ1n) is 7.78. The van der Waals surface area contributed by atoms with Crippen LogP contribution in [-0.4, -0.2) is 56.5 Å². The van der Waals surface area contributed by atoms with Crippen LogP contribution >= 0.6 is 0 Å². The van der Waals surface area contributed by atoms with Crippen molar-refractivity contribution in [2.45, 2.75) is 32.4 Å². The molecule has 1 amide bonds. The first kappa shape index (κ1) is 17.6. The minimum atomic E-state index is -3.01. The summed E-state index contributed by atoms with van der Waals surface area (Å²) >= 11 is 0. The number of likely N-dealkylation sites (N-methyl/N-ethyl adjacent to an activating group) is 1. The molecule has 2 rings (SSSR count). The number of ether oxygens (including phenoxy) is 1. The van der Waals surface area contributed by atoms with E-state index in [1.165, 1.54) is 0 Å². The van der Waals surface area contributed by atoms with Crippen LogP contribution in [0.5, 0.6) is 5.75 Å². The van der Waals surface area contributed by atoms with Gasteiger partial charge in [-0.25, -0.2) is 8.42 Å². The van der Waals surface area contributed by atoms with Crippen molar-refractivity contribution in [2.24, 2.45) is 0 Å². The highest BCUT2D eigenvalue weighted by molar-refractivity contribution is 7.91. The SMILES string of the molecule is CCN(C(=O)[C@H](C)Nc1ccccc1OC)[C@H]1CCS(=O)(=O)C1. The molecule has 0 aliphatic carbocycles. The molecule has 6 nitrogen and oxygen atoms in total. The molecule has 0 saturated carbocycles. The van der Waals surface area contributed by atoms with Gasteiger partial charge in [0.05, 0.1) is 24.3 Å². The van der Waals surface area contributed by atoms with E-state index in [1.54, 1.807) is 18.9 Å². The van der Waals surface area contributed by atoms with E-state index in [-0.39, 0.29) is 23.5 Å². The predicted molar refractivity (Wildman–Crippen MR) is 90.5 cm³/mol. The normalized spacial score (nSPS) is 20.7. The van der Waals surface area contributed by atoms with Gasteiger partial charge in [-0.2, -0.15) is 0 Å². The number of carbonyl (C=O) groups excluding carboxylic acids is 1. The monoisotopic (exact) mass is 340 g/mol. The topological polar surface area (TPSA) is 75.7 Å². The van der Waals surface area contributed by atoms with Crippen molar-refractivity contribution >= 4 is 21.4 Å². The van der Waals surface area contributed by atoms with E-state index in [0.29, 0.717) is 18.7 Å². The highest BCUT2D eigenvalue weighted by atomic mass is 32.2. The van der Waals surface area contributed by atoms with E-state index in [2.05, 4.69) is 5.32 Å². The fourth-order valence-corrected chi connectivity index (χ4v) is 4.65. The molecule has 1 aliphatic rings. The fourth-order valence-electron chi connectivity index (χ4n) is 2.92. The third-order valence-corrected chi connectivity index (χ3v) is 5.87. The predicted octanol–water partition coefficient (Wildman–Crippen LogP) is 1.53. The van der Waals surface area contributed by atoms with Crippen LogP contribution in [-0.2, 0) is 14.6 Å². The van der Waals surface area contributed by atoms with Crippen LogP contribution in [0.4, 0.5) is 5.69 Å². The van der Waals surface area contributed by atoms with E-state index in [0.717, 1.165) is 5.69 Å². The number of hydrogen-bond donors (Lipinski definition) is 1. The number of sulfone groups is 1. The third-order valence-electron chi connectivity index (χ3n) is 4.12. The third kappa shape index (κ3) is 4.16. The average Bonchev–Trinajstić information content (AvgIpc) is 2.88. The van der Waals surface area contributed by atoms with Crippen molar-refractivity contribution < 1.29 is 17.9 Å². The summed E-state index contributed by atoms with van der Waals surface area (Å²) in [5.41, 5.74) is 0.742. The molecule has 0 bridgehead atoms. The summed E-state index contributed by atoms with van der Waals surface area (Å²) in [6.07, 6.45) is 0.517. The van der Waals surface area contributed by atoms with Gasteiger partial charge in [-0.15, -0.1) is 0 Å². The zero-order chi connectivity index (χ0) is 17.0. The Bertz CT molecular complexity index is 660. The molecule has 0 unspecified atom stereocenters. The van der Waals surface area contributed by atoms with E-state index >= 15 is 0 Å². The second kappa shape index (κ2) is 7.21. The van der Waals surface area contributed by atoms with Crippen molar-refractivity contribution in [3.63, 3.8) is 0 Å². The maximum Gasteiger partial charge on any atom is 0.245 e. The molecule has 128 valence electrons. The van der Waals surface area contributed by atoms with Crippen LogP contribution in [0.15, 0.2) is 24.3 Å². The molecule has 1 aromatic rings. The zero-order valence-corrected chi connectivity index (χ0v) is 14.6. The Hall–Kier alpha value is -1.76. The molecule has 1 fully saturated rings. The molecule has 7 heteroatoms. The molecule has 23 heavy (non-hydrogen) atoms. The molecule has 1 saturated heterocycles. The molecule has 1 N–H and O–H groups in total. The molecule has 0 spiro atoms. The maximum absolute atomic E-state index is 12.7. The minimum Gasteiger partial charge on any atom is -0.495 e. The lowest BCUT2D eigenvalue weighted by atomic mass is 10.1. The lowest BCUT2D eigenvalue weighted by Gasteiger charge is -2.30. The highest BCUT2D eigenvalue weighted by Crippen LogP contribution is 2.25. The standard InChI is InChI=1S/C16H24N2O4S/c1-4-18(13-9-10-23(20,21)11-13)16(19)12(2)17-14-7-5-6-8-15(14)22-3/h5-8,12-13,17H,4,9-11H2,1-3H3/t12-,13-/m0/s1. The summed E-state index contributed by atoms with van der Waals surface area (Å²) in [6, 6.07) is 6.70.